The fourth-order valence-electron chi connectivity index (χ4n) is 1.63. The van der Waals surface area contributed by atoms with Gasteiger partial charge in [0.15, 0.2) is 0 Å². The molecule has 0 aromatic heterocycles. The maximum atomic E-state index is 12.0. The van der Waals surface area contributed by atoms with E-state index in [9.17, 15) is 8.42 Å². The van der Waals surface area contributed by atoms with E-state index in [-0.39, 0.29) is 4.90 Å². The Kier molecular flexibility index (Phi) is 3.81. The van der Waals surface area contributed by atoms with Crippen LogP contribution in [0.5, 0.6) is 0 Å². The Balaban J connectivity index is 2.32. The average Bonchev–Trinajstić information content (AvgIpc) is 2.38. The number of rotatable bonds is 3. The highest BCUT2D eigenvalue weighted by Crippen LogP contribution is 2.13. The van der Waals surface area contributed by atoms with Gasteiger partial charge in [0.1, 0.15) is 0 Å². The van der Waals surface area contributed by atoms with Gasteiger partial charge in [-0.2, -0.15) is 12.8 Å². The van der Waals surface area contributed by atoms with Crippen LogP contribution < -0.4 is 0 Å². The van der Waals surface area contributed by atoms with Gasteiger partial charge in [0.2, 0.25) is 0 Å². The smallest absolute Gasteiger partial charge is 0.199 e. The molecule has 0 saturated carbocycles. The highest BCUT2D eigenvalue weighted by atomic mass is 32.2. The number of benzene rings is 2. The molecular weight excluding hydrogens is 258 g/mol. The van der Waals surface area contributed by atoms with Crippen LogP contribution in [0.2, 0.25) is 0 Å². The second kappa shape index (κ2) is 5.36. The van der Waals surface area contributed by atoms with Crippen molar-refractivity contribution in [3.63, 3.8) is 0 Å². The zero-order valence-corrected chi connectivity index (χ0v) is 11.7. The molecule has 0 radical (unpaired) electrons. The van der Waals surface area contributed by atoms with E-state index in [4.69, 9.17) is 0 Å². The highest BCUT2D eigenvalue weighted by Gasteiger charge is 2.10. The maximum absolute atomic E-state index is 12.0. The lowest BCUT2D eigenvalue weighted by Gasteiger charge is -2.00. The molecule has 19 heavy (non-hydrogen) atoms. The third-order valence-electron chi connectivity index (χ3n) is 2.84. The number of nitrogens with zero attached hydrogens (tertiary/aromatic N) is 1. The van der Waals surface area contributed by atoms with E-state index in [1.165, 1.54) is 6.21 Å². The average molecular weight is 273 g/mol. The molecule has 0 fully saturated rings. The largest absolute Gasteiger partial charge is 0.282 e. The van der Waals surface area contributed by atoms with Crippen LogP contribution in [0.3, 0.4) is 0 Å². The van der Waals surface area contributed by atoms with Crippen molar-refractivity contribution in [2.24, 2.45) is 4.40 Å². The van der Waals surface area contributed by atoms with Gasteiger partial charge >= 0.3 is 0 Å². The van der Waals surface area contributed by atoms with Crippen molar-refractivity contribution >= 4 is 16.2 Å². The third kappa shape index (κ3) is 3.29. The molecule has 4 heteroatoms. The number of hydrogen-bond donors (Lipinski definition) is 0. The van der Waals surface area contributed by atoms with E-state index in [2.05, 4.69) is 4.40 Å². The van der Waals surface area contributed by atoms with E-state index in [1.54, 1.807) is 24.3 Å². The molecule has 0 N–H and O–H groups in total. The van der Waals surface area contributed by atoms with E-state index in [0.717, 1.165) is 16.7 Å². The Morgan fingerprint density at radius 2 is 1.58 bits per heavy atom. The summed E-state index contributed by atoms with van der Waals surface area (Å²) in [7, 11) is -3.62. The van der Waals surface area contributed by atoms with Crippen molar-refractivity contribution in [3.05, 3.63) is 65.2 Å². The van der Waals surface area contributed by atoms with Gasteiger partial charge in [0, 0.05) is 6.21 Å². The molecule has 0 amide bonds. The molecule has 0 aliphatic rings. The van der Waals surface area contributed by atoms with E-state index in [1.807, 2.05) is 38.1 Å². The van der Waals surface area contributed by atoms with Gasteiger partial charge in [-0.25, -0.2) is 0 Å². The molecule has 0 heterocycles. The molecular formula is C15H15NO2S. The standard InChI is InChI=1S/C15H15NO2S/c1-12-7-9-15(10-8-12)19(17,18)16-11-14-6-4-3-5-13(14)2/h3-11H,1-2H3. The summed E-state index contributed by atoms with van der Waals surface area (Å²) in [6.07, 6.45) is 1.39. The van der Waals surface area contributed by atoms with Crippen LogP contribution in [-0.2, 0) is 10.0 Å². The van der Waals surface area contributed by atoms with Crippen molar-refractivity contribution in [3.8, 4) is 0 Å². The molecule has 0 aliphatic heterocycles. The number of aryl methyl sites for hydroxylation is 2. The number of sulfonamides is 1. The van der Waals surface area contributed by atoms with E-state index < -0.39 is 10.0 Å². The SMILES string of the molecule is Cc1ccc(S(=O)(=O)N=Cc2ccccc2C)cc1. The molecule has 0 bridgehead atoms. The molecule has 0 unspecified atom stereocenters. The summed E-state index contributed by atoms with van der Waals surface area (Å²) in [5.74, 6) is 0. The molecule has 0 spiro atoms. The van der Waals surface area contributed by atoms with Crippen LogP contribution in [0.4, 0.5) is 0 Å². The van der Waals surface area contributed by atoms with Crippen molar-refractivity contribution in [1.82, 2.24) is 0 Å². The van der Waals surface area contributed by atoms with E-state index in [0.29, 0.717) is 0 Å². The zero-order chi connectivity index (χ0) is 13.9. The fourth-order valence-corrected chi connectivity index (χ4v) is 2.48. The van der Waals surface area contributed by atoms with E-state index >= 15 is 0 Å². The fraction of sp³-hybridized carbons (Fsp3) is 0.133. The van der Waals surface area contributed by atoms with Gasteiger partial charge in [-0.15, -0.1) is 0 Å². The Morgan fingerprint density at radius 3 is 2.21 bits per heavy atom. The number of hydrogen-bond acceptors (Lipinski definition) is 2. The van der Waals surface area contributed by atoms with Crippen molar-refractivity contribution < 1.29 is 8.42 Å². The predicted molar refractivity (Wildman–Crippen MR) is 77.1 cm³/mol. The second-order valence-corrected chi connectivity index (χ2v) is 6.01. The van der Waals surface area contributed by atoms with Gasteiger partial charge in [0.05, 0.1) is 4.90 Å². The van der Waals surface area contributed by atoms with Crippen LogP contribution in [0.15, 0.2) is 57.8 Å². The Morgan fingerprint density at radius 1 is 0.947 bits per heavy atom. The summed E-state index contributed by atoms with van der Waals surface area (Å²) in [5, 5.41) is 0. The summed E-state index contributed by atoms with van der Waals surface area (Å²) in [6, 6.07) is 14.2. The van der Waals surface area contributed by atoms with Gasteiger partial charge in [-0.05, 0) is 37.1 Å². The predicted octanol–water partition coefficient (Wildman–Crippen LogP) is 3.11. The third-order valence-corrected chi connectivity index (χ3v) is 4.09. The molecule has 0 atom stereocenters. The van der Waals surface area contributed by atoms with Gasteiger partial charge in [0.25, 0.3) is 10.0 Å². The molecule has 98 valence electrons. The van der Waals surface area contributed by atoms with Gasteiger partial charge in [-0.1, -0.05) is 42.0 Å². The van der Waals surface area contributed by atoms with Crippen LogP contribution >= 0.6 is 0 Å². The van der Waals surface area contributed by atoms with Gasteiger partial charge in [-0.3, -0.25) is 0 Å². The Labute approximate surface area is 113 Å². The molecule has 3 nitrogen and oxygen atoms in total. The normalized spacial score (nSPS) is 11.9. The lowest BCUT2D eigenvalue weighted by molar-refractivity contribution is 0.598. The lowest BCUT2D eigenvalue weighted by atomic mass is 10.1. The monoisotopic (exact) mass is 273 g/mol. The molecule has 2 aromatic carbocycles. The summed E-state index contributed by atoms with van der Waals surface area (Å²) in [4.78, 5) is 0.211. The van der Waals surface area contributed by atoms with Crippen molar-refractivity contribution in [2.75, 3.05) is 0 Å². The van der Waals surface area contributed by atoms with Crippen molar-refractivity contribution in [2.45, 2.75) is 18.7 Å². The highest BCUT2D eigenvalue weighted by molar-refractivity contribution is 7.90. The zero-order valence-electron chi connectivity index (χ0n) is 10.9. The molecule has 0 aliphatic carbocycles. The maximum Gasteiger partial charge on any atom is 0.282 e. The van der Waals surface area contributed by atoms with Gasteiger partial charge < -0.3 is 0 Å². The van der Waals surface area contributed by atoms with Crippen LogP contribution in [0.25, 0.3) is 0 Å². The quantitative estimate of drug-likeness (QED) is 0.807. The minimum atomic E-state index is -3.62. The minimum absolute atomic E-state index is 0.211. The minimum Gasteiger partial charge on any atom is -0.199 e. The summed E-state index contributed by atoms with van der Waals surface area (Å²) in [5.41, 5.74) is 2.81. The Hall–Kier alpha value is -1.94. The van der Waals surface area contributed by atoms with Crippen molar-refractivity contribution in [1.29, 1.82) is 0 Å². The lowest BCUT2D eigenvalue weighted by Crippen LogP contribution is -1.98. The van der Waals surface area contributed by atoms with Crippen LogP contribution in [0, 0.1) is 13.8 Å². The second-order valence-electron chi connectivity index (χ2n) is 4.38. The van der Waals surface area contributed by atoms with Crippen LogP contribution in [0.1, 0.15) is 16.7 Å². The summed E-state index contributed by atoms with van der Waals surface area (Å²) >= 11 is 0. The molecule has 0 saturated heterocycles. The summed E-state index contributed by atoms with van der Waals surface area (Å²) in [6.45, 7) is 3.83. The Bertz CT molecular complexity index is 701. The first-order valence-electron chi connectivity index (χ1n) is 5.92. The van der Waals surface area contributed by atoms with Crippen LogP contribution in [-0.4, -0.2) is 14.6 Å². The first kappa shape index (κ1) is 13.5. The topological polar surface area (TPSA) is 46.5 Å². The summed E-state index contributed by atoms with van der Waals surface area (Å²) < 4.78 is 27.8. The first-order valence-corrected chi connectivity index (χ1v) is 7.36. The molecule has 2 rings (SSSR count). The molecule has 2 aromatic rings. The first-order chi connectivity index (χ1) is 8.99.